The summed E-state index contributed by atoms with van der Waals surface area (Å²) in [5.74, 6) is 0. The molecule has 0 fully saturated rings. The van der Waals surface area contributed by atoms with Crippen LogP contribution in [-0.4, -0.2) is 19.3 Å². The molecule has 2 heterocycles. The lowest BCUT2D eigenvalue weighted by molar-refractivity contribution is 0.748. The lowest BCUT2D eigenvalue weighted by Crippen LogP contribution is -2.01. The second-order valence-electron chi connectivity index (χ2n) is 4.46. The molecule has 1 aromatic carbocycles. The molecule has 0 aliphatic rings. The van der Waals surface area contributed by atoms with Gasteiger partial charge in [0.1, 0.15) is 5.52 Å². The molecule has 0 aliphatic heterocycles. The van der Waals surface area contributed by atoms with Gasteiger partial charge in [-0.25, -0.2) is 4.68 Å². The number of hydrogen-bond donors (Lipinski definition) is 1. The second-order valence-corrected chi connectivity index (χ2v) is 6.05. The van der Waals surface area contributed by atoms with Gasteiger partial charge in [0.25, 0.3) is 0 Å². The van der Waals surface area contributed by atoms with E-state index in [1.165, 1.54) is 0 Å². The first-order chi connectivity index (χ1) is 9.54. The van der Waals surface area contributed by atoms with Gasteiger partial charge in [-0.1, -0.05) is 24.6 Å². The number of aryl methyl sites for hydroxylation is 2. The molecule has 0 radical (unpaired) electrons. The van der Waals surface area contributed by atoms with E-state index in [-0.39, 0.29) is 0 Å². The van der Waals surface area contributed by atoms with E-state index in [0.717, 1.165) is 33.4 Å². The molecule has 0 saturated carbocycles. The van der Waals surface area contributed by atoms with Gasteiger partial charge in [-0.05, 0) is 46.7 Å². The molecule has 3 rings (SSSR count). The average molecular weight is 372 g/mol. The normalized spacial score (nSPS) is 11.4. The molecule has 104 valence electrons. The van der Waals surface area contributed by atoms with Crippen LogP contribution in [-0.2, 0) is 13.5 Å². The molecular weight excluding hydrogens is 360 g/mol. The highest BCUT2D eigenvalue weighted by molar-refractivity contribution is 9.10. The number of rotatable bonds is 2. The number of aromatic amines is 1. The van der Waals surface area contributed by atoms with Crippen molar-refractivity contribution in [2.45, 2.75) is 13.3 Å². The van der Waals surface area contributed by atoms with Gasteiger partial charge in [0, 0.05) is 7.05 Å². The third-order valence-electron chi connectivity index (χ3n) is 3.24. The summed E-state index contributed by atoms with van der Waals surface area (Å²) in [6.45, 7) is 2.07. The van der Waals surface area contributed by atoms with Crippen molar-refractivity contribution in [1.82, 2.24) is 19.3 Å². The van der Waals surface area contributed by atoms with Crippen molar-refractivity contribution in [2.24, 2.45) is 7.05 Å². The van der Waals surface area contributed by atoms with Crippen LogP contribution in [0.15, 0.2) is 22.7 Å². The number of hydrogen-bond acceptors (Lipinski definition) is 2. The number of aromatic nitrogens is 4. The van der Waals surface area contributed by atoms with Gasteiger partial charge in [-0.15, -0.1) is 0 Å². The van der Waals surface area contributed by atoms with E-state index in [4.69, 9.17) is 23.8 Å². The van der Waals surface area contributed by atoms with E-state index in [0.29, 0.717) is 9.79 Å². The summed E-state index contributed by atoms with van der Waals surface area (Å²) >= 11 is 15.2. The molecule has 0 unspecified atom stereocenters. The number of imidazole rings is 1. The van der Waals surface area contributed by atoms with E-state index in [9.17, 15) is 0 Å². The van der Waals surface area contributed by atoms with Crippen LogP contribution in [0.5, 0.6) is 0 Å². The summed E-state index contributed by atoms with van der Waals surface area (Å²) < 4.78 is 5.24. The van der Waals surface area contributed by atoms with Crippen molar-refractivity contribution < 1.29 is 0 Å². The zero-order valence-corrected chi connectivity index (χ0v) is 14.1. The maximum atomic E-state index is 6.18. The average Bonchev–Trinajstić information content (AvgIpc) is 2.90. The number of nitrogens with zero attached hydrogens (tertiary/aromatic N) is 3. The minimum atomic E-state index is 0.630. The van der Waals surface area contributed by atoms with Crippen LogP contribution in [0.1, 0.15) is 12.6 Å². The summed E-state index contributed by atoms with van der Waals surface area (Å²) in [6, 6.07) is 5.71. The van der Waals surface area contributed by atoms with Gasteiger partial charge in [-0.2, -0.15) is 5.10 Å². The Kier molecular flexibility index (Phi) is 3.48. The molecular formula is C13H12BrClN4S. The van der Waals surface area contributed by atoms with Gasteiger partial charge >= 0.3 is 0 Å². The lowest BCUT2D eigenvalue weighted by Gasteiger charge is -2.08. The zero-order valence-electron chi connectivity index (χ0n) is 10.9. The fourth-order valence-electron chi connectivity index (χ4n) is 2.35. The maximum Gasteiger partial charge on any atom is 0.184 e. The minimum Gasteiger partial charge on any atom is -0.327 e. The first-order valence-corrected chi connectivity index (χ1v) is 7.73. The Morgan fingerprint density at radius 2 is 2.20 bits per heavy atom. The van der Waals surface area contributed by atoms with Crippen molar-refractivity contribution in [3.63, 3.8) is 0 Å². The first kappa shape index (κ1) is 13.9. The Hall–Kier alpha value is -1.11. The largest absolute Gasteiger partial charge is 0.327 e. The van der Waals surface area contributed by atoms with Gasteiger partial charge < -0.3 is 4.98 Å². The van der Waals surface area contributed by atoms with Crippen LogP contribution in [0.25, 0.3) is 16.9 Å². The van der Waals surface area contributed by atoms with Crippen molar-refractivity contribution in [3.8, 4) is 5.69 Å². The molecule has 0 spiro atoms. The Morgan fingerprint density at radius 1 is 1.45 bits per heavy atom. The first-order valence-electron chi connectivity index (χ1n) is 6.15. The van der Waals surface area contributed by atoms with Crippen LogP contribution in [0.2, 0.25) is 5.02 Å². The Morgan fingerprint density at radius 3 is 2.90 bits per heavy atom. The van der Waals surface area contributed by atoms with Crippen LogP contribution in [0.4, 0.5) is 0 Å². The predicted octanol–water partition coefficient (Wildman–Crippen LogP) is 4.40. The van der Waals surface area contributed by atoms with Gasteiger partial charge in [0.05, 0.1) is 20.9 Å². The third-order valence-corrected chi connectivity index (χ3v) is 4.90. The maximum absolute atomic E-state index is 6.18. The van der Waals surface area contributed by atoms with E-state index in [1.54, 1.807) is 0 Å². The van der Waals surface area contributed by atoms with Crippen molar-refractivity contribution in [1.29, 1.82) is 0 Å². The molecule has 0 atom stereocenters. The van der Waals surface area contributed by atoms with E-state index in [1.807, 2.05) is 34.5 Å². The third kappa shape index (κ3) is 1.94. The summed E-state index contributed by atoms with van der Waals surface area (Å²) in [6.07, 6.45) is 0.851. The topological polar surface area (TPSA) is 38.5 Å². The van der Waals surface area contributed by atoms with E-state index in [2.05, 4.69) is 32.9 Å². The highest BCUT2D eigenvalue weighted by atomic mass is 79.9. The summed E-state index contributed by atoms with van der Waals surface area (Å²) in [5.41, 5.74) is 3.83. The molecule has 20 heavy (non-hydrogen) atoms. The molecule has 0 amide bonds. The summed E-state index contributed by atoms with van der Waals surface area (Å²) in [4.78, 5) is 3.24. The number of H-pyrrole nitrogens is 1. The molecule has 7 heteroatoms. The van der Waals surface area contributed by atoms with Crippen LogP contribution in [0, 0.1) is 4.77 Å². The van der Waals surface area contributed by atoms with E-state index >= 15 is 0 Å². The highest BCUT2D eigenvalue weighted by Gasteiger charge is 2.17. The fourth-order valence-corrected chi connectivity index (χ4v) is 3.25. The SMILES string of the molecule is CCc1nn(C)c2c1[nH]c(=S)n2-c1cccc(Cl)c1Br. The molecule has 2 aromatic heterocycles. The summed E-state index contributed by atoms with van der Waals surface area (Å²) in [5, 5.41) is 5.17. The fraction of sp³-hybridized carbons (Fsp3) is 0.231. The Bertz CT molecular complexity index is 861. The van der Waals surface area contributed by atoms with Crippen LogP contribution >= 0.6 is 39.7 Å². The lowest BCUT2D eigenvalue weighted by atomic mass is 10.3. The monoisotopic (exact) mass is 370 g/mol. The molecule has 3 aromatic rings. The van der Waals surface area contributed by atoms with E-state index < -0.39 is 0 Å². The Balaban J connectivity index is 2.42. The van der Waals surface area contributed by atoms with Gasteiger partial charge in [0.2, 0.25) is 0 Å². The quantitative estimate of drug-likeness (QED) is 0.678. The molecule has 4 nitrogen and oxygen atoms in total. The Labute approximate surface area is 134 Å². The number of halogens is 2. The van der Waals surface area contributed by atoms with Crippen molar-refractivity contribution in [2.75, 3.05) is 0 Å². The number of fused-ring (bicyclic) bond motifs is 1. The van der Waals surface area contributed by atoms with Crippen molar-refractivity contribution in [3.05, 3.63) is 38.2 Å². The smallest absolute Gasteiger partial charge is 0.184 e. The van der Waals surface area contributed by atoms with Crippen LogP contribution in [0.3, 0.4) is 0 Å². The number of nitrogens with one attached hydrogen (secondary N) is 1. The van der Waals surface area contributed by atoms with Crippen molar-refractivity contribution >= 4 is 50.9 Å². The second kappa shape index (κ2) is 5.02. The number of benzene rings is 1. The zero-order chi connectivity index (χ0) is 14.4. The minimum absolute atomic E-state index is 0.630. The highest BCUT2D eigenvalue weighted by Crippen LogP contribution is 2.31. The standard InChI is InChI=1S/C13H12BrClN4S/c1-3-8-11-12(18(2)17-8)19(13(20)16-11)9-6-4-5-7(15)10(9)14/h4-6H,3H2,1-2H3,(H,16,20). The molecule has 0 aliphatic carbocycles. The summed E-state index contributed by atoms with van der Waals surface area (Å²) in [7, 11) is 1.92. The van der Waals surface area contributed by atoms with Gasteiger partial charge in [0.15, 0.2) is 10.4 Å². The van der Waals surface area contributed by atoms with Gasteiger partial charge in [-0.3, -0.25) is 4.57 Å². The molecule has 0 saturated heterocycles. The molecule has 1 N–H and O–H groups in total. The predicted molar refractivity (Wildman–Crippen MR) is 87.3 cm³/mol. The molecule has 0 bridgehead atoms. The van der Waals surface area contributed by atoms with Crippen LogP contribution < -0.4 is 0 Å².